The van der Waals surface area contributed by atoms with Gasteiger partial charge in [-0.15, -0.1) is 5.10 Å². The van der Waals surface area contributed by atoms with Crippen molar-refractivity contribution in [3.05, 3.63) is 60.8 Å². The van der Waals surface area contributed by atoms with Gasteiger partial charge in [0.2, 0.25) is 11.6 Å². The quantitative estimate of drug-likeness (QED) is 0.231. The van der Waals surface area contributed by atoms with E-state index in [1.807, 2.05) is 70.7 Å². The smallest absolute Gasteiger partial charge is 0.412 e. The Kier molecular flexibility index (Phi) is 9.05. The highest BCUT2D eigenvalue weighted by atomic mass is 16.6. The molecule has 5 aromatic rings. The topological polar surface area (TPSA) is 163 Å². The molecule has 6 heterocycles. The van der Waals surface area contributed by atoms with Crippen molar-refractivity contribution in [2.75, 3.05) is 54.5 Å². The van der Waals surface area contributed by atoms with Gasteiger partial charge in [0, 0.05) is 56.6 Å². The van der Waals surface area contributed by atoms with Gasteiger partial charge in [-0.25, -0.2) is 29.4 Å². The Morgan fingerprint density at radius 2 is 1.82 bits per heavy atom. The second-order valence-electron chi connectivity index (χ2n) is 13.4. The maximum atomic E-state index is 12.0. The fourth-order valence-corrected chi connectivity index (χ4v) is 5.76. The number of anilines is 3. The minimum absolute atomic E-state index is 0.135. The lowest BCUT2D eigenvalue weighted by Gasteiger charge is -2.40. The zero-order valence-electron chi connectivity index (χ0n) is 28.1. The third-order valence-corrected chi connectivity index (χ3v) is 8.19. The van der Waals surface area contributed by atoms with Crippen LogP contribution in [0.1, 0.15) is 26.3 Å². The summed E-state index contributed by atoms with van der Waals surface area (Å²) < 4.78 is 20.8. The third-order valence-electron chi connectivity index (χ3n) is 8.19. The standard InChI is InChI=1S/C33H40N12O4/c1-33(2,3)49-32(46)38-25-7-5-22(6-8-25)20-47-21-23-15-44(16-23)26-12-35-31(36-13-26)43-9-10-48-27(18-43)19-45-30-29(40-41-45)39-28(14-34-30)24-11-37-42(4)17-24/h5-8,11-14,17,23,27H,9-10,15-16,18-21H2,1-4H3,(H,38,46)/t27-/m0/s1. The molecule has 7 rings (SSSR count). The number of fused-ring (bicyclic) bond motifs is 1. The zero-order valence-corrected chi connectivity index (χ0v) is 28.1. The second kappa shape index (κ2) is 13.7. The van der Waals surface area contributed by atoms with Gasteiger partial charge in [0.15, 0.2) is 5.65 Å². The van der Waals surface area contributed by atoms with Crippen molar-refractivity contribution in [3.8, 4) is 11.3 Å². The van der Waals surface area contributed by atoms with Crippen LogP contribution in [-0.4, -0.2) is 102 Å². The molecule has 1 aromatic carbocycles. The number of nitrogens with zero attached hydrogens (tertiary/aromatic N) is 11. The van der Waals surface area contributed by atoms with Crippen LogP contribution in [-0.2, 0) is 34.4 Å². The Labute approximate surface area is 283 Å². The number of nitrogens with one attached hydrogen (secondary N) is 1. The fraction of sp³-hybridized carbons (Fsp3) is 0.455. The Hall–Kier alpha value is -5.22. The van der Waals surface area contributed by atoms with Crippen molar-refractivity contribution in [1.29, 1.82) is 0 Å². The zero-order chi connectivity index (χ0) is 34.0. The molecule has 16 heteroatoms. The second-order valence-corrected chi connectivity index (χ2v) is 13.4. The molecule has 0 spiro atoms. The van der Waals surface area contributed by atoms with E-state index in [1.165, 1.54) is 0 Å². The van der Waals surface area contributed by atoms with E-state index < -0.39 is 11.7 Å². The monoisotopic (exact) mass is 668 g/mol. The average molecular weight is 669 g/mol. The first-order valence-corrected chi connectivity index (χ1v) is 16.3. The van der Waals surface area contributed by atoms with Gasteiger partial charge in [0.25, 0.3) is 0 Å². The molecule has 2 fully saturated rings. The van der Waals surface area contributed by atoms with Crippen LogP contribution in [0.15, 0.2) is 55.2 Å². The molecule has 0 aliphatic carbocycles. The van der Waals surface area contributed by atoms with Gasteiger partial charge < -0.3 is 24.0 Å². The molecule has 2 aliphatic rings. The summed E-state index contributed by atoms with van der Waals surface area (Å²) >= 11 is 0. The molecule has 0 bridgehead atoms. The molecule has 2 saturated heterocycles. The number of morpholine rings is 1. The maximum absolute atomic E-state index is 12.0. The van der Waals surface area contributed by atoms with Crippen LogP contribution in [0.3, 0.4) is 0 Å². The van der Waals surface area contributed by atoms with Crippen molar-refractivity contribution < 1.29 is 19.0 Å². The maximum Gasteiger partial charge on any atom is 0.412 e. The Morgan fingerprint density at radius 1 is 1.02 bits per heavy atom. The number of benzene rings is 1. The molecule has 2 aliphatic heterocycles. The number of hydrogen-bond acceptors (Lipinski definition) is 13. The summed E-state index contributed by atoms with van der Waals surface area (Å²) in [5, 5.41) is 15.5. The molecule has 49 heavy (non-hydrogen) atoms. The first-order valence-electron chi connectivity index (χ1n) is 16.3. The highest BCUT2D eigenvalue weighted by molar-refractivity contribution is 5.84. The van der Waals surface area contributed by atoms with E-state index in [9.17, 15) is 4.79 Å². The van der Waals surface area contributed by atoms with Gasteiger partial charge >= 0.3 is 6.09 Å². The lowest BCUT2D eigenvalue weighted by Crippen LogP contribution is -2.49. The summed E-state index contributed by atoms with van der Waals surface area (Å²) in [6.45, 7) is 10.8. The van der Waals surface area contributed by atoms with Gasteiger partial charge in [0.1, 0.15) is 5.60 Å². The summed E-state index contributed by atoms with van der Waals surface area (Å²) in [5.74, 6) is 1.11. The number of amides is 1. The first kappa shape index (κ1) is 32.3. The number of carbonyl (C=O) groups is 1. The van der Waals surface area contributed by atoms with Gasteiger partial charge in [-0.1, -0.05) is 17.3 Å². The molecule has 4 aromatic heterocycles. The average Bonchev–Trinajstić information content (AvgIpc) is 3.68. The van der Waals surface area contributed by atoms with Gasteiger partial charge in [0.05, 0.1) is 68.6 Å². The summed E-state index contributed by atoms with van der Waals surface area (Å²) in [6.07, 6.45) is 8.51. The van der Waals surface area contributed by atoms with Crippen LogP contribution in [0.4, 0.5) is 22.1 Å². The van der Waals surface area contributed by atoms with E-state index in [0.29, 0.717) is 74.0 Å². The number of carbonyl (C=O) groups excluding carboxylic acids is 1. The Balaban J connectivity index is 0.849. The normalized spacial score (nSPS) is 16.9. The van der Waals surface area contributed by atoms with Crippen LogP contribution in [0.2, 0.25) is 0 Å². The minimum Gasteiger partial charge on any atom is -0.444 e. The van der Waals surface area contributed by atoms with Crippen molar-refractivity contribution in [2.24, 2.45) is 13.0 Å². The number of rotatable bonds is 10. The predicted octanol–water partition coefficient (Wildman–Crippen LogP) is 3.32. The molecule has 1 atom stereocenters. The van der Waals surface area contributed by atoms with Crippen LogP contribution in [0.5, 0.6) is 0 Å². The molecule has 16 nitrogen and oxygen atoms in total. The largest absolute Gasteiger partial charge is 0.444 e. The van der Waals surface area contributed by atoms with Crippen LogP contribution in [0.25, 0.3) is 22.6 Å². The van der Waals surface area contributed by atoms with E-state index >= 15 is 0 Å². The molecule has 0 saturated carbocycles. The van der Waals surface area contributed by atoms with Crippen molar-refractivity contribution in [3.63, 3.8) is 0 Å². The molecule has 0 radical (unpaired) electrons. The molecular formula is C33H40N12O4. The number of ether oxygens (including phenoxy) is 3. The Bertz CT molecular complexity index is 1880. The first-order chi connectivity index (χ1) is 23.6. The highest BCUT2D eigenvalue weighted by Crippen LogP contribution is 2.26. The predicted molar refractivity (Wildman–Crippen MR) is 181 cm³/mol. The lowest BCUT2D eigenvalue weighted by molar-refractivity contribution is 0.0272. The van der Waals surface area contributed by atoms with E-state index in [4.69, 9.17) is 14.2 Å². The molecule has 1 N–H and O–H groups in total. The van der Waals surface area contributed by atoms with E-state index in [2.05, 4.69) is 50.5 Å². The lowest BCUT2D eigenvalue weighted by atomic mass is 10.0. The van der Waals surface area contributed by atoms with E-state index in [-0.39, 0.29) is 6.10 Å². The van der Waals surface area contributed by atoms with Crippen molar-refractivity contribution in [2.45, 2.75) is 45.6 Å². The van der Waals surface area contributed by atoms with Crippen LogP contribution < -0.4 is 15.1 Å². The highest BCUT2D eigenvalue weighted by Gasteiger charge is 2.29. The van der Waals surface area contributed by atoms with E-state index in [1.54, 1.807) is 21.8 Å². The summed E-state index contributed by atoms with van der Waals surface area (Å²) in [4.78, 5) is 34.9. The van der Waals surface area contributed by atoms with Gasteiger partial charge in [-0.2, -0.15) is 5.10 Å². The Morgan fingerprint density at radius 3 is 2.55 bits per heavy atom. The molecule has 1 amide bonds. The van der Waals surface area contributed by atoms with Crippen LogP contribution in [0, 0.1) is 5.92 Å². The molecular weight excluding hydrogens is 628 g/mol. The van der Waals surface area contributed by atoms with Crippen molar-refractivity contribution >= 4 is 34.7 Å². The summed E-state index contributed by atoms with van der Waals surface area (Å²) in [5.41, 5.74) is 4.84. The minimum atomic E-state index is -0.541. The fourth-order valence-electron chi connectivity index (χ4n) is 5.76. The SMILES string of the molecule is Cn1cc(-c2cnc3c(nnn3C[C@@H]3CN(c4ncc(N5CC(COCc6ccc(NC(=O)OC(C)(C)C)cc6)C5)cn4)CCO3)n2)cn1. The van der Waals surface area contributed by atoms with Gasteiger partial charge in [-0.05, 0) is 38.5 Å². The van der Waals surface area contributed by atoms with E-state index in [0.717, 1.165) is 29.9 Å². The van der Waals surface area contributed by atoms with Gasteiger partial charge in [-0.3, -0.25) is 10.00 Å². The number of hydrogen-bond donors (Lipinski definition) is 1. The third kappa shape index (κ3) is 7.92. The molecule has 256 valence electrons. The summed E-state index contributed by atoms with van der Waals surface area (Å²) in [6, 6.07) is 7.59. The molecule has 0 unspecified atom stereocenters. The van der Waals surface area contributed by atoms with Crippen LogP contribution >= 0.6 is 0 Å². The van der Waals surface area contributed by atoms with Crippen molar-refractivity contribution in [1.82, 2.24) is 44.7 Å². The number of aryl methyl sites for hydroxylation is 1. The number of aromatic nitrogens is 9. The summed E-state index contributed by atoms with van der Waals surface area (Å²) in [7, 11) is 1.86.